The Labute approximate surface area is 115 Å². The molecule has 0 radical (unpaired) electrons. The molecule has 0 aliphatic heterocycles. The third kappa shape index (κ3) is 2.25. The first-order valence-electron chi connectivity index (χ1n) is 7.13. The lowest BCUT2D eigenvalue weighted by atomic mass is 9.67. The quantitative estimate of drug-likeness (QED) is 0.835. The number of fused-ring (bicyclic) bond motifs is 1. The molecule has 0 unspecified atom stereocenters. The van der Waals surface area contributed by atoms with Crippen molar-refractivity contribution < 1.29 is 0 Å². The van der Waals surface area contributed by atoms with Crippen LogP contribution in [-0.4, -0.2) is 4.98 Å². The van der Waals surface area contributed by atoms with Gasteiger partial charge in [-0.05, 0) is 48.8 Å². The Morgan fingerprint density at radius 2 is 1.74 bits per heavy atom. The fourth-order valence-electron chi connectivity index (χ4n) is 3.18. The molecule has 1 aromatic carbocycles. The molecule has 1 heterocycles. The number of rotatable bonds is 1. The normalized spacial score (nSPS) is 21.4. The van der Waals surface area contributed by atoms with E-state index in [1.807, 2.05) is 12.3 Å². The van der Waals surface area contributed by atoms with E-state index in [0.717, 1.165) is 18.4 Å². The van der Waals surface area contributed by atoms with Crippen LogP contribution in [0.1, 0.15) is 45.1 Å². The molecule has 1 aromatic heterocycles. The van der Waals surface area contributed by atoms with Gasteiger partial charge in [-0.1, -0.05) is 32.0 Å². The molecule has 19 heavy (non-hydrogen) atoms. The minimum absolute atomic E-state index is 0.182. The SMILES string of the molecule is CC1(C)CCC(N)(c2cccc3ncccc23)CC1. The highest BCUT2D eigenvalue weighted by Crippen LogP contribution is 2.44. The Morgan fingerprint density at radius 1 is 1.00 bits per heavy atom. The Balaban J connectivity index is 2.05. The second kappa shape index (κ2) is 4.31. The molecule has 1 fully saturated rings. The summed E-state index contributed by atoms with van der Waals surface area (Å²) < 4.78 is 0. The summed E-state index contributed by atoms with van der Waals surface area (Å²) in [6, 6.07) is 10.5. The summed E-state index contributed by atoms with van der Waals surface area (Å²) in [5.74, 6) is 0. The fourth-order valence-corrected chi connectivity index (χ4v) is 3.18. The summed E-state index contributed by atoms with van der Waals surface area (Å²) in [5, 5.41) is 1.22. The second-order valence-electron chi connectivity index (χ2n) is 6.70. The number of benzene rings is 1. The summed E-state index contributed by atoms with van der Waals surface area (Å²) in [6.45, 7) is 4.69. The lowest BCUT2D eigenvalue weighted by molar-refractivity contribution is 0.166. The van der Waals surface area contributed by atoms with Crippen LogP contribution in [0.2, 0.25) is 0 Å². The van der Waals surface area contributed by atoms with Gasteiger partial charge in [0.05, 0.1) is 5.52 Å². The van der Waals surface area contributed by atoms with Crippen molar-refractivity contribution in [2.45, 2.75) is 45.1 Å². The molecule has 2 nitrogen and oxygen atoms in total. The average Bonchev–Trinajstić information content (AvgIpc) is 2.42. The molecule has 0 saturated heterocycles. The van der Waals surface area contributed by atoms with Gasteiger partial charge in [-0.15, -0.1) is 0 Å². The molecule has 0 spiro atoms. The Hall–Kier alpha value is -1.41. The van der Waals surface area contributed by atoms with E-state index in [1.165, 1.54) is 23.8 Å². The van der Waals surface area contributed by atoms with Crippen molar-refractivity contribution in [3.05, 3.63) is 42.1 Å². The minimum Gasteiger partial charge on any atom is -0.321 e. The van der Waals surface area contributed by atoms with E-state index in [9.17, 15) is 0 Å². The molecule has 100 valence electrons. The van der Waals surface area contributed by atoms with Crippen LogP contribution in [-0.2, 0) is 5.54 Å². The number of nitrogens with two attached hydrogens (primary N) is 1. The number of nitrogens with zero attached hydrogens (tertiary/aromatic N) is 1. The molecule has 0 bridgehead atoms. The van der Waals surface area contributed by atoms with Crippen molar-refractivity contribution in [3.8, 4) is 0 Å². The lowest BCUT2D eigenvalue weighted by Gasteiger charge is -2.42. The first-order valence-corrected chi connectivity index (χ1v) is 7.13. The van der Waals surface area contributed by atoms with Crippen molar-refractivity contribution >= 4 is 10.9 Å². The summed E-state index contributed by atoms with van der Waals surface area (Å²) in [4.78, 5) is 4.44. The molecule has 1 aliphatic carbocycles. The maximum Gasteiger partial charge on any atom is 0.0705 e. The summed E-state index contributed by atoms with van der Waals surface area (Å²) in [5.41, 5.74) is 9.32. The van der Waals surface area contributed by atoms with E-state index in [-0.39, 0.29) is 5.54 Å². The van der Waals surface area contributed by atoms with Crippen molar-refractivity contribution in [2.24, 2.45) is 11.1 Å². The van der Waals surface area contributed by atoms with Crippen LogP contribution in [0.15, 0.2) is 36.5 Å². The second-order valence-corrected chi connectivity index (χ2v) is 6.70. The number of aromatic nitrogens is 1. The van der Waals surface area contributed by atoms with Crippen LogP contribution in [0.5, 0.6) is 0 Å². The molecular formula is C17H22N2. The molecule has 1 saturated carbocycles. The third-order valence-corrected chi connectivity index (χ3v) is 4.68. The molecule has 2 heteroatoms. The van der Waals surface area contributed by atoms with Crippen LogP contribution < -0.4 is 5.73 Å². The molecule has 0 amide bonds. The minimum atomic E-state index is -0.182. The van der Waals surface area contributed by atoms with Crippen LogP contribution in [0.25, 0.3) is 10.9 Å². The van der Waals surface area contributed by atoms with Crippen molar-refractivity contribution in [1.82, 2.24) is 4.98 Å². The first kappa shape index (κ1) is 12.6. The molecule has 2 aromatic rings. The van der Waals surface area contributed by atoms with Gasteiger partial charge >= 0.3 is 0 Å². The maximum atomic E-state index is 6.74. The smallest absolute Gasteiger partial charge is 0.0705 e. The lowest BCUT2D eigenvalue weighted by Crippen LogP contribution is -2.42. The number of hydrogen-bond acceptors (Lipinski definition) is 2. The van der Waals surface area contributed by atoms with Crippen molar-refractivity contribution in [3.63, 3.8) is 0 Å². The van der Waals surface area contributed by atoms with Gasteiger partial charge in [0.15, 0.2) is 0 Å². The zero-order valence-electron chi connectivity index (χ0n) is 11.8. The molecule has 3 rings (SSSR count). The summed E-state index contributed by atoms with van der Waals surface area (Å²) in [6.07, 6.45) is 6.36. The summed E-state index contributed by atoms with van der Waals surface area (Å²) >= 11 is 0. The Bertz CT molecular complexity index is 586. The van der Waals surface area contributed by atoms with E-state index in [4.69, 9.17) is 5.73 Å². The number of pyridine rings is 1. The van der Waals surface area contributed by atoms with Crippen molar-refractivity contribution in [1.29, 1.82) is 0 Å². The van der Waals surface area contributed by atoms with Crippen molar-refractivity contribution in [2.75, 3.05) is 0 Å². The largest absolute Gasteiger partial charge is 0.321 e. The zero-order chi connectivity index (χ0) is 13.5. The highest BCUT2D eigenvalue weighted by Gasteiger charge is 2.37. The van der Waals surface area contributed by atoms with E-state index < -0.39 is 0 Å². The number of hydrogen-bond donors (Lipinski definition) is 1. The van der Waals surface area contributed by atoms with Gasteiger partial charge in [0, 0.05) is 17.1 Å². The summed E-state index contributed by atoms with van der Waals surface area (Å²) in [7, 11) is 0. The Kier molecular flexibility index (Phi) is 2.86. The van der Waals surface area contributed by atoms with Gasteiger partial charge in [0.2, 0.25) is 0 Å². The van der Waals surface area contributed by atoms with Gasteiger partial charge < -0.3 is 5.73 Å². The van der Waals surface area contributed by atoms with E-state index in [2.05, 4.69) is 43.1 Å². The van der Waals surface area contributed by atoms with Gasteiger partial charge in [-0.2, -0.15) is 0 Å². The Morgan fingerprint density at radius 3 is 2.47 bits per heavy atom. The molecule has 2 N–H and O–H groups in total. The van der Waals surface area contributed by atoms with E-state index in [0.29, 0.717) is 5.41 Å². The van der Waals surface area contributed by atoms with Gasteiger partial charge in [0.1, 0.15) is 0 Å². The standard InChI is InChI=1S/C17H22N2/c1-16(2)8-10-17(18,11-9-16)14-6-3-7-15-13(14)5-4-12-19-15/h3-7,12H,8-11,18H2,1-2H3. The van der Waals surface area contributed by atoms with Gasteiger partial charge in [0.25, 0.3) is 0 Å². The van der Waals surface area contributed by atoms with Crippen LogP contribution in [0, 0.1) is 5.41 Å². The molecule has 1 aliphatic rings. The average molecular weight is 254 g/mol. The predicted octanol–water partition coefficient (Wildman–Crippen LogP) is 3.99. The topological polar surface area (TPSA) is 38.9 Å². The third-order valence-electron chi connectivity index (χ3n) is 4.68. The first-order chi connectivity index (χ1) is 9.00. The van der Waals surface area contributed by atoms with Crippen LogP contribution in [0.4, 0.5) is 0 Å². The highest BCUT2D eigenvalue weighted by molar-refractivity contribution is 5.83. The molecule has 0 atom stereocenters. The monoisotopic (exact) mass is 254 g/mol. The van der Waals surface area contributed by atoms with Crippen LogP contribution in [0.3, 0.4) is 0 Å². The fraction of sp³-hybridized carbons (Fsp3) is 0.471. The van der Waals surface area contributed by atoms with Gasteiger partial charge in [-0.25, -0.2) is 0 Å². The maximum absolute atomic E-state index is 6.74. The predicted molar refractivity (Wildman–Crippen MR) is 79.9 cm³/mol. The zero-order valence-corrected chi connectivity index (χ0v) is 11.8. The van der Waals surface area contributed by atoms with Crippen LogP contribution >= 0.6 is 0 Å². The van der Waals surface area contributed by atoms with Gasteiger partial charge in [-0.3, -0.25) is 4.98 Å². The van der Waals surface area contributed by atoms with E-state index in [1.54, 1.807) is 0 Å². The van der Waals surface area contributed by atoms with E-state index >= 15 is 0 Å². The molecular weight excluding hydrogens is 232 g/mol. The highest BCUT2D eigenvalue weighted by atomic mass is 14.8.